The van der Waals surface area contributed by atoms with E-state index in [1.54, 1.807) is 23.3 Å². The Morgan fingerprint density at radius 1 is 1.29 bits per heavy atom. The number of aromatic nitrogens is 2. The van der Waals surface area contributed by atoms with Crippen LogP contribution in [0.5, 0.6) is 0 Å². The Morgan fingerprint density at radius 3 is 2.89 bits per heavy atom. The van der Waals surface area contributed by atoms with Gasteiger partial charge in [0.2, 0.25) is 11.8 Å². The smallest absolute Gasteiger partial charge is 0.246 e. The zero-order chi connectivity index (χ0) is 19.4. The third-order valence-corrected chi connectivity index (χ3v) is 6.19. The largest absolute Gasteiger partial charge is 0.377 e. The highest BCUT2D eigenvalue weighted by atomic mass is 32.1. The number of rotatable bonds is 6. The number of methoxy groups -OCH3 is 1. The van der Waals surface area contributed by atoms with Crippen molar-refractivity contribution in [1.29, 1.82) is 0 Å². The second-order valence-electron chi connectivity index (χ2n) is 7.47. The van der Waals surface area contributed by atoms with E-state index in [1.165, 1.54) is 5.56 Å². The van der Waals surface area contributed by atoms with Crippen LogP contribution in [0.1, 0.15) is 36.5 Å². The molecule has 0 unspecified atom stereocenters. The summed E-state index contributed by atoms with van der Waals surface area (Å²) in [4.78, 5) is 21.4. The number of likely N-dealkylation sites (tertiary alicyclic amines) is 1. The maximum Gasteiger partial charge on any atom is 0.246 e. The van der Waals surface area contributed by atoms with E-state index in [4.69, 9.17) is 14.0 Å². The summed E-state index contributed by atoms with van der Waals surface area (Å²) >= 11 is 1.73. The number of piperidine rings is 1. The molecule has 0 atom stereocenters. The Morgan fingerprint density at radius 2 is 2.14 bits per heavy atom. The van der Waals surface area contributed by atoms with Crippen LogP contribution in [-0.4, -0.2) is 64.8 Å². The van der Waals surface area contributed by atoms with Crippen molar-refractivity contribution in [3.05, 3.63) is 34.1 Å². The Labute approximate surface area is 168 Å². The van der Waals surface area contributed by atoms with Crippen molar-refractivity contribution in [1.82, 2.24) is 19.9 Å². The van der Waals surface area contributed by atoms with Crippen LogP contribution in [-0.2, 0) is 34.0 Å². The zero-order valence-electron chi connectivity index (χ0n) is 16.1. The van der Waals surface area contributed by atoms with E-state index >= 15 is 0 Å². The van der Waals surface area contributed by atoms with E-state index in [0.717, 1.165) is 32.5 Å². The molecule has 0 N–H and O–H groups in total. The van der Waals surface area contributed by atoms with Gasteiger partial charge in [-0.15, -0.1) is 0 Å². The maximum absolute atomic E-state index is 12.9. The molecule has 1 amide bonds. The summed E-state index contributed by atoms with van der Waals surface area (Å²) in [6.07, 6.45) is 2.18. The zero-order valence-corrected chi connectivity index (χ0v) is 16.9. The molecule has 0 aromatic carbocycles. The van der Waals surface area contributed by atoms with Crippen LogP contribution in [0.3, 0.4) is 0 Å². The predicted octanol–water partition coefficient (Wildman–Crippen LogP) is 2.06. The molecule has 2 saturated heterocycles. The molecule has 0 saturated carbocycles. The number of hydrogen-bond donors (Lipinski definition) is 0. The summed E-state index contributed by atoms with van der Waals surface area (Å²) in [5, 5.41) is 8.17. The van der Waals surface area contributed by atoms with Gasteiger partial charge < -0.3 is 18.9 Å². The Hall–Kier alpha value is -1.81. The van der Waals surface area contributed by atoms with Crippen LogP contribution in [0.25, 0.3) is 0 Å². The molecule has 2 fully saturated rings. The highest BCUT2D eigenvalue weighted by molar-refractivity contribution is 7.07. The van der Waals surface area contributed by atoms with Gasteiger partial charge in [0.25, 0.3) is 0 Å². The lowest BCUT2D eigenvalue weighted by molar-refractivity contribution is -0.136. The van der Waals surface area contributed by atoms with Crippen LogP contribution in [0.15, 0.2) is 21.3 Å². The third-order valence-electron chi connectivity index (χ3n) is 5.46. The summed E-state index contributed by atoms with van der Waals surface area (Å²) in [5.41, 5.74) is 1.02. The molecule has 1 spiro atoms. The molecule has 9 heteroatoms. The summed E-state index contributed by atoms with van der Waals surface area (Å²) in [7, 11) is 1.58. The standard InChI is InChI=1S/C19H26N4O4S/c1-25-13-16-20-17(27-21-16)12-23-7-8-26-19(10-18(23)24)3-5-22(6-4-19)11-15-2-9-28-14-15/h2,9,14H,3-8,10-13H2,1H3. The normalized spacial score (nSPS) is 20.6. The first-order valence-corrected chi connectivity index (χ1v) is 10.6. The second-order valence-corrected chi connectivity index (χ2v) is 8.25. The van der Waals surface area contributed by atoms with Gasteiger partial charge in [0, 0.05) is 33.3 Å². The monoisotopic (exact) mass is 406 g/mol. The molecule has 2 aliphatic rings. The topological polar surface area (TPSA) is 80.9 Å². The molecule has 4 heterocycles. The molecular formula is C19H26N4O4S. The van der Waals surface area contributed by atoms with E-state index in [-0.39, 0.29) is 11.5 Å². The summed E-state index contributed by atoms with van der Waals surface area (Å²) < 4.78 is 16.5. The van der Waals surface area contributed by atoms with Gasteiger partial charge in [-0.3, -0.25) is 9.69 Å². The van der Waals surface area contributed by atoms with Gasteiger partial charge in [-0.25, -0.2) is 0 Å². The average molecular weight is 407 g/mol. The SMILES string of the molecule is COCc1noc(CN2CCOC3(CCN(Cc4ccsc4)CC3)CC2=O)n1. The Bertz CT molecular complexity index is 771. The summed E-state index contributed by atoms with van der Waals surface area (Å²) in [6.45, 7) is 4.57. The number of nitrogens with zero attached hydrogens (tertiary/aromatic N) is 4. The molecule has 0 bridgehead atoms. The number of carbonyl (C=O) groups excluding carboxylic acids is 1. The molecular weight excluding hydrogens is 380 g/mol. The first-order chi connectivity index (χ1) is 13.7. The van der Waals surface area contributed by atoms with Crippen LogP contribution in [0.2, 0.25) is 0 Å². The minimum Gasteiger partial charge on any atom is -0.377 e. The lowest BCUT2D eigenvalue weighted by Gasteiger charge is -2.40. The lowest BCUT2D eigenvalue weighted by atomic mass is 9.87. The summed E-state index contributed by atoms with van der Waals surface area (Å²) in [5.74, 6) is 1.02. The molecule has 0 radical (unpaired) electrons. The minimum atomic E-state index is -0.340. The van der Waals surface area contributed by atoms with Gasteiger partial charge >= 0.3 is 0 Å². The van der Waals surface area contributed by atoms with Gasteiger partial charge in [-0.1, -0.05) is 5.16 Å². The van der Waals surface area contributed by atoms with E-state index in [9.17, 15) is 4.79 Å². The quantitative estimate of drug-likeness (QED) is 0.726. The number of hydrogen-bond acceptors (Lipinski definition) is 8. The highest BCUT2D eigenvalue weighted by Gasteiger charge is 2.40. The molecule has 0 aliphatic carbocycles. The first-order valence-electron chi connectivity index (χ1n) is 9.61. The molecule has 28 heavy (non-hydrogen) atoms. The van der Waals surface area contributed by atoms with Crippen molar-refractivity contribution in [2.45, 2.75) is 44.6 Å². The van der Waals surface area contributed by atoms with Crippen molar-refractivity contribution in [3.63, 3.8) is 0 Å². The van der Waals surface area contributed by atoms with E-state index in [0.29, 0.717) is 44.4 Å². The fourth-order valence-electron chi connectivity index (χ4n) is 3.89. The molecule has 2 aromatic rings. The maximum atomic E-state index is 12.9. The highest BCUT2D eigenvalue weighted by Crippen LogP contribution is 2.33. The van der Waals surface area contributed by atoms with Crippen LogP contribution in [0.4, 0.5) is 0 Å². The Kier molecular flexibility index (Phi) is 6.05. The lowest BCUT2D eigenvalue weighted by Crippen LogP contribution is -2.47. The average Bonchev–Trinajstić information content (AvgIpc) is 3.32. The first kappa shape index (κ1) is 19.5. The fraction of sp³-hybridized carbons (Fsp3) is 0.632. The molecule has 2 aromatic heterocycles. The predicted molar refractivity (Wildman–Crippen MR) is 103 cm³/mol. The minimum absolute atomic E-state index is 0.0928. The van der Waals surface area contributed by atoms with Crippen molar-refractivity contribution in [2.75, 3.05) is 33.4 Å². The summed E-state index contributed by atoms with van der Waals surface area (Å²) in [6, 6.07) is 2.17. The molecule has 4 rings (SSSR count). The number of amides is 1. The van der Waals surface area contributed by atoms with E-state index in [1.807, 2.05) is 0 Å². The van der Waals surface area contributed by atoms with Crippen LogP contribution >= 0.6 is 11.3 Å². The van der Waals surface area contributed by atoms with Crippen LogP contribution in [0, 0.1) is 0 Å². The Balaban J connectivity index is 1.32. The van der Waals surface area contributed by atoms with Crippen molar-refractivity contribution < 1.29 is 18.8 Å². The molecule has 8 nitrogen and oxygen atoms in total. The number of carbonyl (C=O) groups is 1. The van der Waals surface area contributed by atoms with Gasteiger partial charge in [0.15, 0.2) is 5.82 Å². The van der Waals surface area contributed by atoms with Crippen molar-refractivity contribution in [2.24, 2.45) is 0 Å². The van der Waals surface area contributed by atoms with E-state index in [2.05, 4.69) is 31.9 Å². The van der Waals surface area contributed by atoms with Crippen molar-refractivity contribution in [3.8, 4) is 0 Å². The van der Waals surface area contributed by atoms with E-state index < -0.39 is 0 Å². The number of ether oxygens (including phenoxy) is 2. The molecule has 2 aliphatic heterocycles. The van der Waals surface area contributed by atoms with Gasteiger partial charge in [0.1, 0.15) is 13.2 Å². The second kappa shape index (κ2) is 8.69. The third kappa shape index (κ3) is 4.60. The fourth-order valence-corrected chi connectivity index (χ4v) is 4.55. The van der Waals surface area contributed by atoms with Gasteiger partial charge in [-0.2, -0.15) is 16.3 Å². The van der Waals surface area contributed by atoms with Gasteiger partial charge in [0.05, 0.1) is 18.6 Å². The van der Waals surface area contributed by atoms with Crippen LogP contribution < -0.4 is 0 Å². The molecule has 152 valence electrons. The van der Waals surface area contributed by atoms with Crippen molar-refractivity contribution >= 4 is 17.2 Å². The van der Waals surface area contributed by atoms with Gasteiger partial charge in [-0.05, 0) is 35.2 Å². The number of thiophene rings is 1.